The lowest BCUT2D eigenvalue weighted by atomic mass is 9.98. The van der Waals surface area contributed by atoms with Gasteiger partial charge >= 0.3 is 6.61 Å². The molecule has 3 aromatic rings. The third-order valence-electron chi connectivity index (χ3n) is 4.31. The second kappa shape index (κ2) is 6.59. The summed E-state index contributed by atoms with van der Waals surface area (Å²) in [5.41, 5.74) is 3.36. The zero-order valence-electron chi connectivity index (χ0n) is 13.9. The van der Waals surface area contributed by atoms with Gasteiger partial charge in [-0.2, -0.15) is 18.9 Å². The smallest absolute Gasteiger partial charge is 0.387 e. The van der Waals surface area contributed by atoms with Gasteiger partial charge in [0.25, 0.3) is 0 Å². The van der Waals surface area contributed by atoms with E-state index < -0.39 is 6.61 Å². The molecule has 7 heteroatoms. The summed E-state index contributed by atoms with van der Waals surface area (Å²) in [5, 5.41) is 7.45. The van der Waals surface area contributed by atoms with Gasteiger partial charge in [0.05, 0.1) is 5.70 Å². The van der Waals surface area contributed by atoms with Gasteiger partial charge in [0.15, 0.2) is 0 Å². The van der Waals surface area contributed by atoms with Crippen LogP contribution in [-0.4, -0.2) is 21.4 Å². The van der Waals surface area contributed by atoms with Crippen molar-refractivity contribution in [1.82, 2.24) is 14.8 Å². The molecule has 132 valence electrons. The molecular formula is C19H16F2N4O. The summed E-state index contributed by atoms with van der Waals surface area (Å²) >= 11 is 0. The van der Waals surface area contributed by atoms with Crippen molar-refractivity contribution in [1.29, 1.82) is 0 Å². The summed E-state index contributed by atoms with van der Waals surface area (Å²) in [5.74, 6) is 0.653. The van der Waals surface area contributed by atoms with E-state index >= 15 is 0 Å². The molecule has 26 heavy (non-hydrogen) atoms. The number of hydrogen-bond donors (Lipinski definition) is 1. The predicted octanol–water partition coefficient (Wildman–Crippen LogP) is 4.24. The van der Waals surface area contributed by atoms with Crippen molar-refractivity contribution in [2.45, 2.75) is 19.6 Å². The molecule has 5 nitrogen and oxygen atoms in total. The Morgan fingerprint density at radius 2 is 1.88 bits per heavy atom. The number of anilines is 1. The summed E-state index contributed by atoms with van der Waals surface area (Å²) in [6, 6.07) is 14.5. The third kappa shape index (κ3) is 2.92. The Bertz CT molecular complexity index is 967. The number of halogens is 2. The Kier molecular flexibility index (Phi) is 4.12. The molecule has 0 fully saturated rings. The molecule has 0 saturated heterocycles. The highest BCUT2D eigenvalue weighted by Gasteiger charge is 2.25. The molecule has 0 bridgehead atoms. The molecule has 0 saturated carbocycles. The number of alkyl halides is 2. The number of fused-ring (bicyclic) bond motifs is 1. The molecule has 1 aliphatic heterocycles. The van der Waals surface area contributed by atoms with Crippen molar-refractivity contribution in [3.05, 3.63) is 77.6 Å². The molecule has 2 heterocycles. The first-order chi connectivity index (χ1) is 12.6. The topological polar surface area (TPSA) is 52.0 Å². The number of aromatic nitrogens is 3. The van der Waals surface area contributed by atoms with Crippen LogP contribution in [0.1, 0.15) is 22.7 Å². The number of hydrogen-bond acceptors (Lipinski definition) is 4. The Morgan fingerprint density at radius 3 is 2.69 bits per heavy atom. The number of allylic oxidation sites excluding steroid dienone is 1. The van der Waals surface area contributed by atoms with Crippen LogP contribution in [0.25, 0.3) is 5.70 Å². The van der Waals surface area contributed by atoms with Gasteiger partial charge in [0.2, 0.25) is 5.95 Å². The normalized spacial score (nSPS) is 16.0. The highest BCUT2D eigenvalue weighted by molar-refractivity contribution is 5.80. The SMILES string of the molecule is Cc1ccccc1[C@@H]1C=C(c2ccccc2OC(F)F)Nc2ncnn21. The predicted molar refractivity (Wildman–Crippen MR) is 94.0 cm³/mol. The Labute approximate surface area is 148 Å². The molecule has 0 radical (unpaired) electrons. The first-order valence-corrected chi connectivity index (χ1v) is 8.11. The Hall–Kier alpha value is -3.22. The number of nitrogens with zero attached hydrogens (tertiary/aromatic N) is 3. The van der Waals surface area contributed by atoms with Crippen molar-refractivity contribution >= 4 is 11.6 Å². The van der Waals surface area contributed by atoms with Gasteiger partial charge in [-0.15, -0.1) is 0 Å². The van der Waals surface area contributed by atoms with Crippen molar-refractivity contribution in [3.63, 3.8) is 0 Å². The Balaban J connectivity index is 1.82. The van der Waals surface area contributed by atoms with Crippen molar-refractivity contribution < 1.29 is 13.5 Å². The molecule has 0 amide bonds. The van der Waals surface area contributed by atoms with E-state index in [4.69, 9.17) is 0 Å². The number of rotatable bonds is 4. The van der Waals surface area contributed by atoms with Crippen LogP contribution in [0.5, 0.6) is 5.75 Å². The summed E-state index contributed by atoms with van der Waals surface area (Å²) in [4.78, 5) is 4.24. The summed E-state index contributed by atoms with van der Waals surface area (Å²) < 4.78 is 32.0. The summed E-state index contributed by atoms with van der Waals surface area (Å²) in [7, 11) is 0. The molecule has 1 atom stereocenters. The van der Waals surface area contributed by atoms with Crippen LogP contribution < -0.4 is 10.1 Å². The second-order valence-corrected chi connectivity index (χ2v) is 5.91. The maximum Gasteiger partial charge on any atom is 0.387 e. The van der Waals surface area contributed by atoms with Gasteiger partial charge in [-0.1, -0.05) is 36.4 Å². The molecule has 0 unspecified atom stereocenters. The molecule has 1 aromatic heterocycles. The average molecular weight is 354 g/mol. The van der Waals surface area contributed by atoms with Gasteiger partial charge < -0.3 is 10.1 Å². The summed E-state index contributed by atoms with van der Waals surface area (Å²) in [6.45, 7) is -0.869. The fraction of sp³-hybridized carbons (Fsp3) is 0.158. The van der Waals surface area contributed by atoms with Gasteiger partial charge in [0, 0.05) is 5.56 Å². The monoisotopic (exact) mass is 354 g/mol. The fourth-order valence-corrected chi connectivity index (χ4v) is 3.12. The summed E-state index contributed by atoms with van der Waals surface area (Å²) in [6.07, 6.45) is 3.41. The van der Waals surface area contributed by atoms with E-state index in [0.29, 0.717) is 17.2 Å². The molecule has 0 spiro atoms. The number of para-hydroxylation sites is 1. The van der Waals surface area contributed by atoms with Crippen molar-refractivity contribution in [2.24, 2.45) is 0 Å². The zero-order chi connectivity index (χ0) is 18.1. The molecular weight excluding hydrogens is 338 g/mol. The van der Waals surface area contributed by atoms with Gasteiger partial charge in [0.1, 0.15) is 18.1 Å². The Morgan fingerprint density at radius 1 is 1.12 bits per heavy atom. The lowest BCUT2D eigenvalue weighted by molar-refractivity contribution is -0.0500. The molecule has 1 aliphatic rings. The standard InChI is InChI=1S/C19H16F2N4O/c1-12-6-2-3-7-13(12)16-10-15(24-19-22-11-23-25(16)19)14-8-4-5-9-17(14)26-18(20)21/h2-11,16,18H,1H3,(H,22,23,24)/t16-/m0/s1. The van der Waals surface area contributed by atoms with Crippen LogP contribution in [0, 0.1) is 6.92 Å². The van der Waals surface area contributed by atoms with Gasteiger partial charge in [-0.25, -0.2) is 4.68 Å². The minimum Gasteiger partial charge on any atom is -0.434 e. The minimum absolute atomic E-state index is 0.109. The maximum atomic E-state index is 12.8. The highest BCUT2D eigenvalue weighted by Crippen LogP contribution is 2.36. The van der Waals surface area contributed by atoms with E-state index in [1.165, 1.54) is 12.4 Å². The lowest BCUT2D eigenvalue weighted by Gasteiger charge is -2.26. The first-order valence-electron chi connectivity index (χ1n) is 8.11. The van der Waals surface area contributed by atoms with Crippen LogP contribution >= 0.6 is 0 Å². The van der Waals surface area contributed by atoms with Crippen LogP contribution in [0.4, 0.5) is 14.7 Å². The van der Waals surface area contributed by atoms with Gasteiger partial charge in [-0.3, -0.25) is 0 Å². The van der Waals surface area contributed by atoms with E-state index in [1.54, 1.807) is 22.9 Å². The van der Waals surface area contributed by atoms with Gasteiger partial charge in [-0.05, 0) is 36.3 Å². The lowest BCUT2D eigenvalue weighted by Crippen LogP contribution is -2.21. The van der Waals surface area contributed by atoms with E-state index in [1.807, 2.05) is 37.3 Å². The number of benzene rings is 2. The highest BCUT2D eigenvalue weighted by atomic mass is 19.3. The van der Waals surface area contributed by atoms with Crippen LogP contribution in [0.3, 0.4) is 0 Å². The zero-order valence-corrected chi connectivity index (χ0v) is 13.9. The molecule has 2 aromatic carbocycles. The molecule has 1 N–H and O–H groups in total. The quantitative estimate of drug-likeness (QED) is 0.761. The number of nitrogens with one attached hydrogen (secondary N) is 1. The van der Waals surface area contributed by atoms with E-state index in [2.05, 4.69) is 20.1 Å². The van der Waals surface area contributed by atoms with Crippen LogP contribution in [0.15, 0.2) is 60.9 Å². The minimum atomic E-state index is -2.89. The first kappa shape index (κ1) is 16.3. The second-order valence-electron chi connectivity index (χ2n) is 5.91. The van der Waals surface area contributed by atoms with E-state index in [9.17, 15) is 8.78 Å². The molecule has 4 rings (SSSR count). The van der Waals surface area contributed by atoms with E-state index in [-0.39, 0.29) is 11.8 Å². The molecule has 0 aliphatic carbocycles. The third-order valence-corrected chi connectivity index (χ3v) is 4.31. The maximum absolute atomic E-state index is 12.8. The fourth-order valence-electron chi connectivity index (χ4n) is 3.12. The van der Waals surface area contributed by atoms with E-state index in [0.717, 1.165) is 11.1 Å². The van der Waals surface area contributed by atoms with Crippen molar-refractivity contribution in [3.8, 4) is 5.75 Å². The number of aryl methyl sites for hydroxylation is 1. The van der Waals surface area contributed by atoms with Crippen LogP contribution in [-0.2, 0) is 0 Å². The largest absolute Gasteiger partial charge is 0.434 e. The average Bonchev–Trinajstić information content (AvgIpc) is 3.10. The number of ether oxygens (including phenoxy) is 1. The van der Waals surface area contributed by atoms with Crippen LogP contribution in [0.2, 0.25) is 0 Å². The van der Waals surface area contributed by atoms with Crippen molar-refractivity contribution in [2.75, 3.05) is 5.32 Å².